The van der Waals surface area contributed by atoms with Gasteiger partial charge in [-0.3, -0.25) is 4.98 Å². The molecule has 1 atom stereocenters. The predicted molar refractivity (Wildman–Crippen MR) is 155 cm³/mol. The second kappa shape index (κ2) is 12.1. The van der Waals surface area contributed by atoms with E-state index in [0.717, 1.165) is 42.2 Å². The largest absolute Gasteiger partial charge is 0.489 e. The number of aliphatic hydroxyl groups excluding tert-OH is 1. The molecular weight excluding hydrogens is 504 g/mol. The third-order valence-corrected chi connectivity index (χ3v) is 7.92. The fourth-order valence-electron chi connectivity index (χ4n) is 5.81. The van der Waals surface area contributed by atoms with E-state index in [0.29, 0.717) is 23.3 Å². The number of nitrogens with zero attached hydrogens (tertiary/aromatic N) is 2. The van der Waals surface area contributed by atoms with E-state index in [1.165, 1.54) is 43.5 Å². The smallest absolute Gasteiger partial charge is 0.323 e. The number of fused-ring (bicyclic) bond motifs is 2. The first-order chi connectivity index (χ1) is 19.6. The van der Waals surface area contributed by atoms with Crippen LogP contribution in [0.2, 0.25) is 0 Å². The summed E-state index contributed by atoms with van der Waals surface area (Å²) >= 11 is 0. The molecule has 0 saturated heterocycles. The van der Waals surface area contributed by atoms with Crippen LogP contribution in [0.1, 0.15) is 43.5 Å². The van der Waals surface area contributed by atoms with Gasteiger partial charge in [0.2, 0.25) is 5.82 Å². The van der Waals surface area contributed by atoms with Crippen molar-refractivity contribution in [2.24, 2.45) is 5.92 Å². The molecule has 5 N–H and O–H groups in total. The third kappa shape index (κ3) is 5.95. The average molecular weight is 542 g/mol. The number of benzene rings is 2. The van der Waals surface area contributed by atoms with Gasteiger partial charge in [0.05, 0.1) is 5.52 Å². The van der Waals surface area contributed by atoms with Gasteiger partial charge < -0.3 is 25.1 Å². The van der Waals surface area contributed by atoms with Crippen LogP contribution in [0.25, 0.3) is 27.9 Å². The monoisotopic (exact) mass is 541 g/mol. The molecule has 2 aromatic carbocycles. The van der Waals surface area contributed by atoms with Gasteiger partial charge in [0.1, 0.15) is 35.9 Å². The summed E-state index contributed by atoms with van der Waals surface area (Å²) in [7, 11) is 0. The zero-order valence-electron chi connectivity index (χ0n) is 22.7. The van der Waals surface area contributed by atoms with Crippen molar-refractivity contribution in [3.63, 3.8) is 0 Å². The Morgan fingerprint density at radius 3 is 2.67 bits per heavy atom. The molecule has 40 heavy (non-hydrogen) atoms. The van der Waals surface area contributed by atoms with Gasteiger partial charge in [0, 0.05) is 13.0 Å². The van der Waals surface area contributed by atoms with Crippen molar-refractivity contribution in [3.8, 4) is 11.4 Å². The maximum absolute atomic E-state index is 11.6. The van der Waals surface area contributed by atoms with Crippen LogP contribution in [0.4, 0.5) is 0 Å². The molecular formula is C31H37N6O3+. The molecule has 1 saturated carbocycles. The maximum Gasteiger partial charge on any atom is 0.323 e. The van der Waals surface area contributed by atoms with E-state index in [1.807, 2.05) is 18.3 Å². The Morgan fingerprint density at radius 1 is 1.00 bits per heavy atom. The minimum absolute atomic E-state index is 0.132. The molecule has 0 spiro atoms. The molecule has 1 aliphatic carbocycles. The van der Waals surface area contributed by atoms with Gasteiger partial charge in [-0.1, -0.05) is 43.9 Å². The number of imidazole rings is 2. The summed E-state index contributed by atoms with van der Waals surface area (Å²) in [5.74, 6) is 2.59. The Kier molecular flexibility index (Phi) is 7.92. The van der Waals surface area contributed by atoms with E-state index in [2.05, 4.69) is 60.2 Å². The van der Waals surface area contributed by atoms with Crippen LogP contribution in [0.5, 0.6) is 5.75 Å². The minimum Gasteiger partial charge on any atom is -0.489 e. The number of hydrogen-bond donors (Lipinski definition) is 5. The van der Waals surface area contributed by atoms with E-state index in [4.69, 9.17) is 4.74 Å². The third-order valence-electron chi connectivity index (χ3n) is 7.92. The van der Waals surface area contributed by atoms with Crippen LogP contribution >= 0.6 is 0 Å². The summed E-state index contributed by atoms with van der Waals surface area (Å²) in [6.45, 7) is 1.29. The molecule has 9 heteroatoms. The second-order valence-corrected chi connectivity index (χ2v) is 10.8. The number of aromatic nitrogens is 5. The molecule has 1 aliphatic rings. The summed E-state index contributed by atoms with van der Waals surface area (Å²) in [4.78, 5) is 25.3. The number of hydrogen-bond acceptors (Lipinski definition) is 5. The lowest BCUT2D eigenvalue weighted by atomic mass is 10.0. The van der Waals surface area contributed by atoms with Crippen molar-refractivity contribution in [2.45, 2.75) is 51.0 Å². The standard InChI is InChI=1S/C31H36N6O3/c38-24(20-40-27-9-3-7-25-29(27)36-31(39)35-25)19-32-18-16-22-10-13-23(14-11-22)37-28(15-12-21-5-1-2-6-21)34-26-8-4-17-33-30(26)37/h3-4,7-11,13-14,17,21,24,32,38H,1-2,5-6,12,15-16,18-20H2,(H2,35,36,39)/p+1. The molecule has 1 unspecified atom stereocenters. The first kappa shape index (κ1) is 26.3. The van der Waals surface area contributed by atoms with Crippen LogP contribution in [-0.2, 0) is 12.8 Å². The number of rotatable bonds is 12. The molecule has 3 heterocycles. The number of para-hydroxylation sites is 1. The highest BCUT2D eigenvalue weighted by Gasteiger charge is 2.22. The highest BCUT2D eigenvalue weighted by atomic mass is 16.5. The first-order valence-electron chi connectivity index (χ1n) is 14.3. The van der Waals surface area contributed by atoms with E-state index < -0.39 is 6.10 Å². The van der Waals surface area contributed by atoms with Crippen molar-refractivity contribution in [1.82, 2.24) is 25.3 Å². The van der Waals surface area contributed by atoms with Crippen molar-refractivity contribution in [3.05, 3.63) is 82.7 Å². The predicted octanol–water partition coefficient (Wildman–Crippen LogP) is 3.70. The van der Waals surface area contributed by atoms with Crippen molar-refractivity contribution in [2.75, 3.05) is 19.7 Å². The van der Waals surface area contributed by atoms with Gasteiger partial charge in [0.15, 0.2) is 5.52 Å². The normalized spacial score (nSPS) is 14.8. The molecule has 0 bridgehead atoms. The molecule has 0 radical (unpaired) electrons. The summed E-state index contributed by atoms with van der Waals surface area (Å²) < 4.78 is 8.02. The summed E-state index contributed by atoms with van der Waals surface area (Å²) in [5.41, 5.74) is 5.39. The minimum atomic E-state index is -0.670. The summed E-state index contributed by atoms with van der Waals surface area (Å²) in [6, 6.07) is 18.1. The second-order valence-electron chi connectivity index (χ2n) is 10.8. The topological polar surface area (TPSA) is 123 Å². The van der Waals surface area contributed by atoms with Gasteiger partial charge in [-0.05, 0) is 67.3 Å². The van der Waals surface area contributed by atoms with Gasteiger partial charge >= 0.3 is 11.3 Å². The lowest BCUT2D eigenvalue weighted by molar-refractivity contribution is -0.578. The number of ether oxygens (including phenoxy) is 1. The fraction of sp³-hybridized carbons (Fsp3) is 0.387. The van der Waals surface area contributed by atoms with Crippen molar-refractivity contribution >= 4 is 22.2 Å². The van der Waals surface area contributed by atoms with E-state index >= 15 is 0 Å². The number of pyridine rings is 1. The zero-order chi connectivity index (χ0) is 27.3. The van der Waals surface area contributed by atoms with E-state index in [-0.39, 0.29) is 12.3 Å². The number of aliphatic hydroxyl groups is 1. The Hall–Kier alpha value is -3.95. The highest BCUT2D eigenvalue weighted by Crippen LogP contribution is 2.28. The summed E-state index contributed by atoms with van der Waals surface area (Å²) in [6.07, 6.45) is 9.74. The van der Waals surface area contributed by atoms with Crippen LogP contribution in [0, 0.1) is 5.92 Å². The molecule has 1 fully saturated rings. The van der Waals surface area contributed by atoms with Crippen molar-refractivity contribution in [1.29, 1.82) is 0 Å². The number of aryl methyl sites for hydroxylation is 1. The molecule has 3 aromatic heterocycles. The molecule has 6 rings (SSSR count). The molecule has 0 aliphatic heterocycles. The van der Waals surface area contributed by atoms with E-state index in [1.54, 1.807) is 12.1 Å². The Morgan fingerprint density at radius 2 is 1.82 bits per heavy atom. The van der Waals surface area contributed by atoms with Gasteiger partial charge in [-0.2, -0.15) is 4.57 Å². The SMILES string of the molecule is O=c1[nH]c2cccc(OCC(O)CNCCc3ccc(-[n+]4c(CCC5CCCC5)[nH]c5cccnc54)cc3)c2[nH]1. The van der Waals surface area contributed by atoms with Crippen LogP contribution in [-0.4, -0.2) is 50.8 Å². The zero-order valence-corrected chi connectivity index (χ0v) is 22.7. The Bertz CT molecular complexity index is 1610. The van der Waals surface area contributed by atoms with Crippen LogP contribution < -0.4 is 20.3 Å². The van der Waals surface area contributed by atoms with E-state index in [9.17, 15) is 9.90 Å². The van der Waals surface area contributed by atoms with Gasteiger partial charge in [0.25, 0.3) is 0 Å². The molecule has 9 nitrogen and oxygen atoms in total. The number of nitrogens with one attached hydrogen (secondary N) is 4. The van der Waals surface area contributed by atoms with Crippen molar-refractivity contribution < 1.29 is 14.4 Å². The highest BCUT2D eigenvalue weighted by molar-refractivity contribution is 5.81. The lowest BCUT2D eigenvalue weighted by Crippen LogP contribution is -2.35. The Balaban J connectivity index is 1.02. The maximum atomic E-state index is 11.6. The van der Waals surface area contributed by atoms with Gasteiger partial charge in [-0.25, -0.2) is 4.79 Å². The average Bonchev–Trinajstić information content (AvgIpc) is 3.71. The van der Waals surface area contributed by atoms with Crippen LogP contribution in [0.3, 0.4) is 0 Å². The summed E-state index contributed by atoms with van der Waals surface area (Å²) in [5, 5.41) is 13.7. The number of aromatic amines is 3. The van der Waals surface area contributed by atoms with Crippen LogP contribution in [0.15, 0.2) is 65.6 Å². The first-order valence-corrected chi connectivity index (χ1v) is 14.3. The van der Waals surface area contributed by atoms with Gasteiger partial charge in [-0.15, -0.1) is 4.98 Å². The molecule has 5 aromatic rings. The fourth-order valence-corrected chi connectivity index (χ4v) is 5.81. The quantitative estimate of drug-likeness (QED) is 0.122. The lowest BCUT2D eigenvalue weighted by Gasteiger charge is -2.14. The molecule has 208 valence electrons. The molecule has 0 amide bonds. The number of H-pyrrole nitrogens is 3. The Labute approximate surface area is 232 Å².